The van der Waals surface area contributed by atoms with Crippen LogP contribution in [0.4, 0.5) is 10.1 Å². The lowest BCUT2D eigenvalue weighted by molar-refractivity contribution is 0.0981. The molecule has 0 radical (unpaired) electrons. The largest absolute Gasteiger partial charge is 0.381 e. The first-order chi connectivity index (χ1) is 12.7. The van der Waals surface area contributed by atoms with E-state index in [9.17, 15) is 17.6 Å². The zero-order chi connectivity index (χ0) is 19.8. The average Bonchev–Trinajstić information content (AvgIpc) is 3.40. The van der Waals surface area contributed by atoms with E-state index in [-0.39, 0.29) is 11.4 Å². The van der Waals surface area contributed by atoms with Gasteiger partial charge in [-0.1, -0.05) is 6.07 Å². The van der Waals surface area contributed by atoms with E-state index in [2.05, 4.69) is 10.0 Å². The molecule has 144 valence electrons. The van der Waals surface area contributed by atoms with E-state index in [1.807, 2.05) is 20.8 Å². The molecule has 0 aromatic heterocycles. The molecule has 0 aliphatic heterocycles. The van der Waals surface area contributed by atoms with Gasteiger partial charge in [0.25, 0.3) is 5.91 Å². The summed E-state index contributed by atoms with van der Waals surface area (Å²) in [6, 6.07) is 7.99. The number of sulfonamides is 1. The number of halogens is 1. The Morgan fingerprint density at radius 3 is 2.30 bits per heavy atom. The summed E-state index contributed by atoms with van der Waals surface area (Å²) in [6.07, 6.45) is 1.19. The van der Waals surface area contributed by atoms with Crippen LogP contribution in [-0.2, 0) is 16.6 Å². The van der Waals surface area contributed by atoms with E-state index in [4.69, 9.17) is 0 Å². The van der Waals surface area contributed by atoms with Crippen LogP contribution < -0.4 is 10.0 Å². The number of anilines is 1. The van der Waals surface area contributed by atoms with Crippen LogP contribution in [0.2, 0.25) is 0 Å². The third kappa shape index (κ3) is 4.47. The van der Waals surface area contributed by atoms with Crippen molar-refractivity contribution in [2.45, 2.75) is 45.4 Å². The van der Waals surface area contributed by atoms with Crippen LogP contribution >= 0.6 is 0 Å². The molecule has 1 aliphatic carbocycles. The minimum Gasteiger partial charge on any atom is -0.381 e. The van der Waals surface area contributed by atoms with Crippen LogP contribution in [0.25, 0.3) is 0 Å². The van der Waals surface area contributed by atoms with Gasteiger partial charge in [-0.15, -0.1) is 0 Å². The number of hydrogen-bond donors (Lipinski definition) is 2. The summed E-state index contributed by atoms with van der Waals surface area (Å²) in [5, 5.41) is 2.82. The molecule has 1 aliphatic rings. The molecule has 3 rings (SSSR count). The van der Waals surface area contributed by atoms with Gasteiger partial charge in [0.15, 0.2) is 0 Å². The number of amides is 1. The van der Waals surface area contributed by atoms with Gasteiger partial charge in [-0.3, -0.25) is 4.79 Å². The molecule has 1 fully saturated rings. The first kappa shape index (κ1) is 19.4. The van der Waals surface area contributed by atoms with Gasteiger partial charge in [-0.05, 0) is 80.1 Å². The predicted octanol–water partition coefficient (Wildman–Crippen LogP) is 3.59. The maximum atomic E-state index is 13.5. The van der Waals surface area contributed by atoms with Crippen LogP contribution in [0, 0.1) is 26.6 Å². The number of benzene rings is 2. The lowest BCUT2D eigenvalue weighted by Crippen LogP contribution is -2.33. The van der Waals surface area contributed by atoms with E-state index in [1.54, 1.807) is 18.2 Å². The number of nitrogens with one attached hydrogen (secondary N) is 2. The van der Waals surface area contributed by atoms with E-state index >= 15 is 0 Å². The Balaban J connectivity index is 1.77. The molecule has 0 spiro atoms. The number of aryl methyl sites for hydroxylation is 3. The second kappa shape index (κ2) is 7.31. The Morgan fingerprint density at radius 1 is 1.07 bits per heavy atom. The fourth-order valence-corrected chi connectivity index (χ4v) is 4.31. The van der Waals surface area contributed by atoms with Gasteiger partial charge >= 0.3 is 0 Å². The minimum absolute atomic E-state index is 0.263. The fourth-order valence-electron chi connectivity index (χ4n) is 3.01. The zero-order valence-electron chi connectivity index (χ0n) is 15.6. The van der Waals surface area contributed by atoms with Gasteiger partial charge in [0.05, 0.1) is 5.25 Å². The molecule has 7 heteroatoms. The predicted molar refractivity (Wildman–Crippen MR) is 104 cm³/mol. The SMILES string of the molecule is Cc1ccc(C(=O)NS(=O)(=O)C2CC2)cc1NCc1c(C)cc(F)cc1C. The molecule has 1 amide bonds. The highest BCUT2D eigenvalue weighted by Gasteiger charge is 2.37. The van der Waals surface area contributed by atoms with Crippen LogP contribution in [0.3, 0.4) is 0 Å². The van der Waals surface area contributed by atoms with Crippen molar-refractivity contribution in [2.75, 3.05) is 5.32 Å². The molecule has 2 aromatic carbocycles. The summed E-state index contributed by atoms with van der Waals surface area (Å²) in [4.78, 5) is 12.3. The molecular weight excluding hydrogens is 367 g/mol. The van der Waals surface area contributed by atoms with Gasteiger partial charge in [0, 0.05) is 17.8 Å². The maximum absolute atomic E-state index is 13.5. The molecule has 27 heavy (non-hydrogen) atoms. The number of carbonyl (C=O) groups is 1. The van der Waals surface area contributed by atoms with Crippen molar-refractivity contribution in [3.05, 3.63) is 64.0 Å². The first-order valence-corrected chi connectivity index (χ1v) is 10.4. The molecule has 0 saturated heterocycles. The molecule has 0 heterocycles. The first-order valence-electron chi connectivity index (χ1n) is 8.83. The van der Waals surface area contributed by atoms with Crippen LogP contribution in [0.1, 0.15) is 45.5 Å². The van der Waals surface area contributed by atoms with E-state index < -0.39 is 21.2 Å². The average molecular weight is 390 g/mol. The fraction of sp³-hybridized carbons (Fsp3) is 0.350. The Morgan fingerprint density at radius 2 is 1.70 bits per heavy atom. The second-order valence-corrected chi connectivity index (χ2v) is 9.04. The van der Waals surface area contributed by atoms with Crippen molar-refractivity contribution in [3.8, 4) is 0 Å². The highest BCUT2D eigenvalue weighted by atomic mass is 32.2. The highest BCUT2D eigenvalue weighted by molar-refractivity contribution is 7.91. The van der Waals surface area contributed by atoms with Crippen molar-refractivity contribution in [1.82, 2.24) is 4.72 Å². The third-order valence-corrected chi connectivity index (χ3v) is 6.63. The summed E-state index contributed by atoms with van der Waals surface area (Å²) >= 11 is 0. The van der Waals surface area contributed by atoms with Gasteiger partial charge in [0.1, 0.15) is 5.82 Å². The Kier molecular flexibility index (Phi) is 5.24. The molecule has 5 nitrogen and oxygen atoms in total. The van der Waals surface area contributed by atoms with Gasteiger partial charge in [-0.2, -0.15) is 0 Å². The number of rotatable bonds is 6. The zero-order valence-corrected chi connectivity index (χ0v) is 16.4. The van der Waals surface area contributed by atoms with E-state index in [1.165, 1.54) is 12.1 Å². The molecular formula is C20H23FN2O3S. The maximum Gasteiger partial charge on any atom is 0.264 e. The Labute approximate surface area is 159 Å². The highest BCUT2D eigenvalue weighted by Crippen LogP contribution is 2.28. The van der Waals surface area contributed by atoms with Crippen LogP contribution in [-0.4, -0.2) is 19.6 Å². The normalized spacial score (nSPS) is 14.1. The third-order valence-electron chi connectivity index (χ3n) is 4.81. The summed E-state index contributed by atoms with van der Waals surface area (Å²) in [5.74, 6) is -0.889. The lowest BCUT2D eigenvalue weighted by atomic mass is 10.0. The van der Waals surface area contributed by atoms with Crippen molar-refractivity contribution in [2.24, 2.45) is 0 Å². The molecule has 2 N–H and O–H groups in total. The quantitative estimate of drug-likeness (QED) is 0.790. The minimum atomic E-state index is -3.58. The number of hydrogen-bond acceptors (Lipinski definition) is 4. The Bertz CT molecular complexity index is 975. The summed E-state index contributed by atoms with van der Waals surface area (Å²) in [5.41, 5.74) is 4.62. The number of carbonyl (C=O) groups excluding carboxylic acids is 1. The molecule has 0 bridgehead atoms. The lowest BCUT2D eigenvalue weighted by Gasteiger charge is -2.15. The van der Waals surface area contributed by atoms with Gasteiger partial charge < -0.3 is 5.32 Å². The molecule has 0 atom stereocenters. The van der Waals surface area contributed by atoms with Gasteiger partial charge in [0.2, 0.25) is 10.0 Å². The Hall–Kier alpha value is -2.41. The monoisotopic (exact) mass is 390 g/mol. The van der Waals surface area contributed by atoms with Crippen LogP contribution in [0.15, 0.2) is 30.3 Å². The van der Waals surface area contributed by atoms with E-state index in [0.29, 0.717) is 19.4 Å². The van der Waals surface area contributed by atoms with Gasteiger partial charge in [-0.25, -0.2) is 17.5 Å². The molecule has 1 saturated carbocycles. The summed E-state index contributed by atoms with van der Waals surface area (Å²) < 4.78 is 39.5. The van der Waals surface area contributed by atoms with E-state index in [0.717, 1.165) is 27.9 Å². The topological polar surface area (TPSA) is 75.3 Å². The smallest absolute Gasteiger partial charge is 0.264 e. The van der Waals surface area contributed by atoms with Crippen molar-refractivity contribution in [3.63, 3.8) is 0 Å². The molecule has 0 unspecified atom stereocenters. The second-order valence-electron chi connectivity index (χ2n) is 7.08. The van der Waals surface area contributed by atoms with Crippen molar-refractivity contribution in [1.29, 1.82) is 0 Å². The van der Waals surface area contributed by atoms with Crippen molar-refractivity contribution < 1.29 is 17.6 Å². The van der Waals surface area contributed by atoms with Crippen LogP contribution in [0.5, 0.6) is 0 Å². The van der Waals surface area contributed by atoms with Crippen molar-refractivity contribution >= 4 is 21.6 Å². The summed E-state index contributed by atoms with van der Waals surface area (Å²) in [7, 11) is -3.58. The molecule has 2 aromatic rings. The standard InChI is InChI=1S/C20H23FN2O3S/c1-12-4-5-15(20(24)23-27(25,26)17-6-7-17)10-19(12)22-11-18-13(2)8-16(21)9-14(18)3/h4-5,8-10,17,22H,6-7,11H2,1-3H3,(H,23,24). The summed E-state index contributed by atoms with van der Waals surface area (Å²) in [6.45, 7) is 6.08.